The van der Waals surface area contributed by atoms with Crippen molar-refractivity contribution in [2.24, 2.45) is 23.7 Å². The number of carbonyl (C=O) groups is 2. The Hall–Kier alpha value is -2.33. The van der Waals surface area contributed by atoms with Gasteiger partial charge in [-0.05, 0) is 72.8 Å². The van der Waals surface area contributed by atoms with Crippen molar-refractivity contribution < 1.29 is 14.7 Å². The summed E-state index contributed by atoms with van der Waals surface area (Å²) in [4.78, 5) is 24.5. The Bertz CT molecular complexity index is 871. The fourth-order valence-electron chi connectivity index (χ4n) is 5.40. The summed E-state index contributed by atoms with van der Waals surface area (Å²) in [6.07, 6.45) is 2.73. The molecule has 6 atom stereocenters. The zero-order chi connectivity index (χ0) is 20.5. The topological polar surface area (TPSA) is 66.4 Å². The van der Waals surface area contributed by atoms with E-state index in [4.69, 9.17) is 11.6 Å². The smallest absolute Gasteiger partial charge is 0.311 e. The van der Waals surface area contributed by atoms with Crippen molar-refractivity contribution >= 4 is 23.5 Å². The summed E-state index contributed by atoms with van der Waals surface area (Å²) >= 11 is 5.91. The molecular formula is C24H26ClNO3. The minimum Gasteiger partial charge on any atom is -0.481 e. The van der Waals surface area contributed by atoms with Gasteiger partial charge in [0.05, 0.1) is 5.92 Å². The van der Waals surface area contributed by atoms with Gasteiger partial charge >= 0.3 is 5.97 Å². The lowest BCUT2D eigenvalue weighted by atomic mass is 9.81. The van der Waals surface area contributed by atoms with Gasteiger partial charge in [-0.2, -0.15) is 0 Å². The molecule has 2 fully saturated rings. The molecule has 0 radical (unpaired) electrons. The van der Waals surface area contributed by atoms with E-state index < -0.39 is 11.9 Å². The first-order valence-electron chi connectivity index (χ1n) is 10.3. The number of benzene rings is 2. The van der Waals surface area contributed by atoms with Gasteiger partial charge in [-0.1, -0.05) is 48.9 Å². The Morgan fingerprint density at radius 2 is 1.69 bits per heavy atom. The van der Waals surface area contributed by atoms with Crippen LogP contribution in [0.4, 0.5) is 0 Å². The van der Waals surface area contributed by atoms with Crippen LogP contribution in [0.3, 0.4) is 0 Å². The first-order valence-corrected chi connectivity index (χ1v) is 10.7. The number of hydrogen-bond donors (Lipinski definition) is 2. The molecular weight excluding hydrogens is 386 g/mol. The fourth-order valence-corrected chi connectivity index (χ4v) is 5.53. The molecule has 4 unspecified atom stereocenters. The lowest BCUT2D eigenvalue weighted by Crippen LogP contribution is -2.37. The number of rotatable bonds is 7. The molecule has 2 aliphatic rings. The van der Waals surface area contributed by atoms with Crippen LogP contribution in [0.2, 0.25) is 5.02 Å². The third-order valence-electron chi connectivity index (χ3n) is 6.77. The van der Waals surface area contributed by atoms with E-state index in [1.807, 2.05) is 30.3 Å². The second-order valence-electron chi connectivity index (χ2n) is 8.36. The third-order valence-corrected chi connectivity index (χ3v) is 7.02. The Balaban J connectivity index is 1.39. The van der Waals surface area contributed by atoms with Gasteiger partial charge in [0.25, 0.3) is 5.91 Å². The summed E-state index contributed by atoms with van der Waals surface area (Å²) in [7, 11) is 0. The molecule has 2 aromatic carbocycles. The molecule has 2 aliphatic carbocycles. The van der Waals surface area contributed by atoms with E-state index in [1.165, 1.54) is 0 Å². The lowest BCUT2D eigenvalue weighted by molar-refractivity contribution is -0.140. The van der Waals surface area contributed by atoms with Crippen LogP contribution in [0.1, 0.15) is 48.0 Å². The molecule has 0 saturated heterocycles. The largest absolute Gasteiger partial charge is 0.481 e. The molecule has 152 valence electrons. The van der Waals surface area contributed by atoms with Crippen LogP contribution in [0.25, 0.3) is 0 Å². The SMILES string of the molecule is CCC(NC(=O)c1ccc(Cl)cc1)C1[C@H]2CC(C(C(=O)O)c3ccccc3)C[C@@H]12. The van der Waals surface area contributed by atoms with Crippen molar-refractivity contribution in [1.29, 1.82) is 0 Å². The molecule has 4 rings (SSSR count). The summed E-state index contributed by atoms with van der Waals surface area (Å²) in [6.45, 7) is 2.10. The Morgan fingerprint density at radius 3 is 2.24 bits per heavy atom. The van der Waals surface area contributed by atoms with Gasteiger partial charge in [0.15, 0.2) is 0 Å². The van der Waals surface area contributed by atoms with Crippen molar-refractivity contribution in [1.82, 2.24) is 5.32 Å². The molecule has 0 spiro atoms. The van der Waals surface area contributed by atoms with Crippen LogP contribution in [-0.4, -0.2) is 23.0 Å². The predicted octanol–water partition coefficient (Wildman–Crippen LogP) is 4.99. The summed E-state index contributed by atoms with van der Waals surface area (Å²) < 4.78 is 0. The normalized spacial score (nSPS) is 27.0. The Labute approximate surface area is 176 Å². The van der Waals surface area contributed by atoms with Crippen LogP contribution >= 0.6 is 11.6 Å². The second-order valence-corrected chi connectivity index (χ2v) is 8.79. The highest BCUT2D eigenvalue weighted by molar-refractivity contribution is 6.30. The van der Waals surface area contributed by atoms with Gasteiger partial charge < -0.3 is 10.4 Å². The van der Waals surface area contributed by atoms with Crippen LogP contribution in [-0.2, 0) is 4.79 Å². The van der Waals surface area contributed by atoms with Gasteiger partial charge in [-0.15, -0.1) is 0 Å². The standard InChI is InChI=1S/C24H26ClNO3/c1-2-20(26-23(27)15-8-10-17(25)11-9-15)22-18-12-16(13-19(18)22)21(24(28)29)14-6-4-3-5-7-14/h3-11,16,18-22H,2,12-13H2,1H3,(H,26,27)(H,28,29)/t16?,18-,19+,20?,21?,22?. The third kappa shape index (κ3) is 4.04. The molecule has 0 bridgehead atoms. The van der Waals surface area contributed by atoms with Crippen molar-refractivity contribution in [2.75, 3.05) is 0 Å². The minimum absolute atomic E-state index is 0.0669. The number of carbonyl (C=O) groups excluding carboxylic acids is 1. The van der Waals surface area contributed by atoms with E-state index in [1.54, 1.807) is 24.3 Å². The number of hydrogen-bond acceptors (Lipinski definition) is 2. The summed E-state index contributed by atoms with van der Waals surface area (Å²) in [5, 5.41) is 13.6. The fraction of sp³-hybridized carbons (Fsp3) is 0.417. The average Bonchev–Trinajstić information content (AvgIpc) is 3.20. The van der Waals surface area contributed by atoms with E-state index in [0.717, 1.165) is 24.8 Å². The lowest BCUT2D eigenvalue weighted by Gasteiger charge is -2.25. The van der Waals surface area contributed by atoms with E-state index in [0.29, 0.717) is 28.3 Å². The quantitative estimate of drug-likeness (QED) is 0.674. The average molecular weight is 412 g/mol. The predicted molar refractivity (Wildman–Crippen MR) is 113 cm³/mol. The molecule has 0 aromatic heterocycles. The van der Waals surface area contributed by atoms with Gasteiger partial charge in [0.1, 0.15) is 0 Å². The highest BCUT2D eigenvalue weighted by Gasteiger charge is 2.60. The zero-order valence-electron chi connectivity index (χ0n) is 16.4. The number of nitrogens with one attached hydrogen (secondary N) is 1. The molecule has 2 N–H and O–H groups in total. The van der Waals surface area contributed by atoms with Crippen molar-refractivity contribution in [3.8, 4) is 0 Å². The van der Waals surface area contributed by atoms with E-state index in [9.17, 15) is 14.7 Å². The van der Waals surface area contributed by atoms with Gasteiger partial charge in [-0.25, -0.2) is 0 Å². The molecule has 0 aliphatic heterocycles. The Kier molecular flexibility index (Phi) is 5.64. The van der Waals surface area contributed by atoms with Crippen LogP contribution in [0.15, 0.2) is 54.6 Å². The Morgan fingerprint density at radius 1 is 1.07 bits per heavy atom. The molecule has 1 amide bonds. The first kappa shape index (κ1) is 20.0. The van der Waals surface area contributed by atoms with Crippen LogP contribution < -0.4 is 5.32 Å². The summed E-state index contributed by atoms with van der Waals surface area (Å²) in [5.41, 5.74) is 1.51. The zero-order valence-corrected chi connectivity index (χ0v) is 17.2. The van der Waals surface area contributed by atoms with Crippen molar-refractivity contribution in [3.63, 3.8) is 0 Å². The highest BCUT2D eigenvalue weighted by atomic mass is 35.5. The number of halogens is 1. The number of amides is 1. The maximum atomic E-state index is 12.6. The number of carboxylic acid groups (broad SMARTS) is 1. The number of aliphatic carboxylic acids is 1. The summed E-state index contributed by atoms with van der Waals surface area (Å²) in [5.74, 6) is 0.420. The second kappa shape index (κ2) is 8.19. The summed E-state index contributed by atoms with van der Waals surface area (Å²) in [6, 6.07) is 16.6. The maximum absolute atomic E-state index is 12.6. The van der Waals surface area contributed by atoms with Crippen molar-refractivity contribution in [3.05, 3.63) is 70.7 Å². The van der Waals surface area contributed by atoms with Gasteiger partial charge in [0.2, 0.25) is 0 Å². The molecule has 2 saturated carbocycles. The minimum atomic E-state index is -0.734. The van der Waals surface area contributed by atoms with E-state index >= 15 is 0 Å². The van der Waals surface area contributed by atoms with Crippen LogP contribution in [0, 0.1) is 23.7 Å². The molecule has 0 heterocycles. The highest BCUT2D eigenvalue weighted by Crippen LogP contribution is 2.63. The van der Waals surface area contributed by atoms with E-state index in [-0.39, 0.29) is 17.9 Å². The number of fused-ring (bicyclic) bond motifs is 1. The van der Waals surface area contributed by atoms with E-state index in [2.05, 4.69) is 12.2 Å². The maximum Gasteiger partial charge on any atom is 0.311 e. The van der Waals surface area contributed by atoms with Crippen LogP contribution in [0.5, 0.6) is 0 Å². The number of carboxylic acids is 1. The van der Waals surface area contributed by atoms with Crippen molar-refractivity contribution in [2.45, 2.75) is 38.1 Å². The van der Waals surface area contributed by atoms with Gasteiger partial charge in [-0.3, -0.25) is 9.59 Å². The molecule has 29 heavy (non-hydrogen) atoms. The molecule has 2 aromatic rings. The monoisotopic (exact) mass is 411 g/mol. The molecule has 5 heteroatoms. The first-order chi connectivity index (χ1) is 14.0. The van der Waals surface area contributed by atoms with Gasteiger partial charge in [0, 0.05) is 16.6 Å². The molecule has 4 nitrogen and oxygen atoms in total.